The minimum absolute atomic E-state index is 0.0161. The number of aliphatic hydroxyl groups excluding tert-OH is 1. The van der Waals surface area contributed by atoms with E-state index in [1.165, 1.54) is 0 Å². The molecule has 0 saturated heterocycles. The Hall–Kier alpha value is -1.87. The molecule has 31 heavy (non-hydrogen) atoms. The van der Waals surface area contributed by atoms with Crippen LogP contribution in [0.2, 0.25) is 0 Å². The van der Waals surface area contributed by atoms with Crippen molar-refractivity contribution in [1.29, 1.82) is 0 Å². The number of hydrogen-bond donors (Lipinski definition) is 1. The molecule has 0 bridgehead atoms. The lowest BCUT2D eigenvalue weighted by atomic mass is 9.77. The number of hydrogen-bond acceptors (Lipinski definition) is 5. The Morgan fingerprint density at radius 2 is 1.74 bits per heavy atom. The number of alkyl halides is 2. The Bertz CT molecular complexity index is 888. The molecule has 172 valence electrons. The van der Waals surface area contributed by atoms with Crippen LogP contribution in [0.15, 0.2) is 35.7 Å². The van der Waals surface area contributed by atoms with E-state index in [2.05, 4.69) is 9.97 Å². The molecule has 9 heteroatoms. The first-order chi connectivity index (χ1) is 14.1. The van der Waals surface area contributed by atoms with Gasteiger partial charge in [-0.15, -0.1) is 0 Å². The SMILES string of the molecule is CC(C)(C)c1ncc(C(C(=S)OCC2=C(F)C(F)C(F)(CO)C=C2F)C(C)(C)C)cn1. The van der Waals surface area contributed by atoms with Gasteiger partial charge in [0.15, 0.2) is 16.9 Å². The van der Waals surface area contributed by atoms with Crippen molar-refractivity contribution >= 4 is 17.3 Å². The lowest BCUT2D eigenvalue weighted by Crippen LogP contribution is -2.40. The van der Waals surface area contributed by atoms with Crippen molar-refractivity contribution in [2.45, 2.75) is 64.7 Å². The van der Waals surface area contributed by atoms with Crippen molar-refractivity contribution < 1.29 is 27.4 Å². The Morgan fingerprint density at radius 3 is 2.19 bits per heavy atom. The normalized spacial score (nSPS) is 23.5. The highest BCUT2D eigenvalue weighted by molar-refractivity contribution is 7.80. The summed E-state index contributed by atoms with van der Waals surface area (Å²) in [4.78, 5) is 8.79. The quantitative estimate of drug-likeness (QED) is 0.473. The smallest absolute Gasteiger partial charge is 0.192 e. The van der Waals surface area contributed by atoms with Gasteiger partial charge in [-0.25, -0.2) is 27.5 Å². The summed E-state index contributed by atoms with van der Waals surface area (Å²) >= 11 is 5.38. The summed E-state index contributed by atoms with van der Waals surface area (Å²) in [6.45, 7) is 9.54. The molecule has 3 atom stereocenters. The summed E-state index contributed by atoms with van der Waals surface area (Å²) in [5.41, 5.74) is -3.97. The third-order valence-electron chi connectivity index (χ3n) is 4.97. The van der Waals surface area contributed by atoms with Gasteiger partial charge in [0.05, 0.1) is 18.1 Å². The van der Waals surface area contributed by atoms with Crippen LogP contribution < -0.4 is 0 Å². The van der Waals surface area contributed by atoms with Crippen LogP contribution >= 0.6 is 12.2 Å². The van der Waals surface area contributed by atoms with Crippen LogP contribution in [0.3, 0.4) is 0 Å². The summed E-state index contributed by atoms with van der Waals surface area (Å²) < 4.78 is 62.1. The number of aromatic nitrogens is 2. The van der Waals surface area contributed by atoms with Crippen LogP contribution in [-0.4, -0.2) is 45.2 Å². The zero-order chi connectivity index (χ0) is 23.8. The van der Waals surface area contributed by atoms with Crippen LogP contribution in [0, 0.1) is 5.41 Å². The fraction of sp³-hybridized carbons (Fsp3) is 0.591. The highest BCUT2D eigenvalue weighted by Crippen LogP contribution is 2.40. The third-order valence-corrected chi connectivity index (χ3v) is 5.32. The van der Waals surface area contributed by atoms with Crippen molar-refractivity contribution in [3.05, 3.63) is 47.1 Å². The second-order valence-electron chi connectivity index (χ2n) is 9.76. The second-order valence-corrected chi connectivity index (χ2v) is 10.2. The number of thiocarbonyl (C=S) groups is 1. The van der Waals surface area contributed by atoms with Gasteiger partial charge in [-0.2, -0.15) is 0 Å². The molecule has 1 N–H and O–H groups in total. The van der Waals surface area contributed by atoms with Crippen LogP contribution in [0.25, 0.3) is 0 Å². The van der Waals surface area contributed by atoms with E-state index in [0.29, 0.717) is 11.4 Å². The van der Waals surface area contributed by atoms with Gasteiger partial charge in [-0.05, 0) is 23.7 Å². The van der Waals surface area contributed by atoms with Crippen molar-refractivity contribution in [2.24, 2.45) is 5.41 Å². The van der Waals surface area contributed by atoms with Crippen molar-refractivity contribution in [2.75, 3.05) is 13.2 Å². The van der Waals surface area contributed by atoms with E-state index < -0.39 is 53.6 Å². The minimum atomic E-state index is -3.15. The van der Waals surface area contributed by atoms with Crippen LogP contribution in [0.5, 0.6) is 0 Å². The van der Waals surface area contributed by atoms with Crippen molar-refractivity contribution in [3.63, 3.8) is 0 Å². The molecule has 1 aliphatic rings. The molecule has 1 heterocycles. The minimum Gasteiger partial charge on any atom is -0.481 e. The molecule has 3 unspecified atom stereocenters. The first-order valence-electron chi connectivity index (χ1n) is 9.82. The number of nitrogens with zero attached hydrogens (tertiary/aromatic N) is 2. The second kappa shape index (κ2) is 8.94. The Balaban J connectivity index is 2.26. The largest absolute Gasteiger partial charge is 0.481 e. The third kappa shape index (κ3) is 5.49. The molecule has 0 fully saturated rings. The van der Waals surface area contributed by atoms with Gasteiger partial charge >= 0.3 is 0 Å². The van der Waals surface area contributed by atoms with Gasteiger partial charge in [0, 0.05) is 23.4 Å². The van der Waals surface area contributed by atoms with E-state index in [1.807, 2.05) is 41.5 Å². The predicted octanol–water partition coefficient (Wildman–Crippen LogP) is 5.38. The average Bonchev–Trinajstić information content (AvgIpc) is 2.65. The van der Waals surface area contributed by atoms with Gasteiger partial charge in [0.2, 0.25) is 0 Å². The molecule has 1 aliphatic carbocycles. The zero-order valence-corrected chi connectivity index (χ0v) is 19.3. The summed E-state index contributed by atoms with van der Waals surface area (Å²) in [5, 5.41) is 8.96. The molecule has 0 amide bonds. The standard InChI is InChI=1S/C22H28F4N2O2S/c1-20(2,3)15(12-8-27-19(28-9-12)21(4,5)6)18(31)30-10-13-14(23)7-22(26,11-29)17(25)16(13)24/h7-9,15,17,29H,10-11H2,1-6H3. The summed E-state index contributed by atoms with van der Waals surface area (Å²) in [6, 6.07) is 0. The van der Waals surface area contributed by atoms with Gasteiger partial charge in [0.1, 0.15) is 24.1 Å². The van der Waals surface area contributed by atoms with E-state index >= 15 is 0 Å². The van der Waals surface area contributed by atoms with Crippen LogP contribution in [-0.2, 0) is 10.2 Å². The highest BCUT2D eigenvalue weighted by atomic mass is 32.1. The fourth-order valence-electron chi connectivity index (χ4n) is 3.20. The Labute approximate surface area is 185 Å². The topological polar surface area (TPSA) is 55.2 Å². The molecule has 0 spiro atoms. The lowest BCUT2D eigenvalue weighted by Gasteiger charge is -2.32. The maximum Gasteiger partial charge on any atom is 0.192 e. The Morgan fingerprint density at radius 1 is 1.19 bits per heavy atom. The Kier molecular flexibility index (Phi) is 7.32. The summed E-state index contributed by atoms with van der Waals surface area (Å²) in [7, 11) is 0. The van der Waals surface area contributed by atoms with Crippen LogP contribution in [0.1, 0.15) is 58.8 Å². The number of rotatable bonds is 5. The zero-order valence-electron chi connectivity index (χ0n) is 18.5. The highest BCUT2D eigenvalue weighted by Gasteiger charge is 2.46. The maximum atomic E-state index is 14.3. The maximum absolute atomic E-state index is 14.3. The summed E-state index contributed by atoms with van der Waals surface area (Å²) in [5.74, 6) is -2.86. The molecular formula is C22H28F4N2O2S. The summed E-state index contributed by atoms with van der Waals surface area (Å²) in [6.07, 6.45) is 0.663. The number of allylic oxidation sites excluding steroid dienone is 1. The molecule has 0 aromatic carbocycles. The van der Waals surface area contributed by atoms with Gasteiger partial charge in [-0.3, -0.25) is 0 Å². The first-order valence-corrected chi connectivity index (χ1v) is 10.2. The molecular weight excluding hydrogens is 432 g/mol. The molecule has 0 aliphatic heterocycles. The predicted molar refractivity (Wildman–Crippen MR) is 115 cm³/mol. The lowest BCUT2D eigenvalue weighted by molar-refractivity contribution is 0.0363. The monoisotopic (exact) mass is 460 g/mol. The van der Waals surface area contributed by atoms with Gasteiger partial charge in [0.25, 0.3) is 0 Å². The van der Waals surface area contributed by atoms with Crippen molar-refractivity contribution in [3.8, 4) is 0 Å². The molecule has 2 rings (SSSR count). The number of ether oxygens (including phenoxy) is 1. The van der Waals surface area contributed by atoms with E-state index in [9.17, 15) is 17.6 Å². The molecule has 1 aromatic heterocycles. The van der Waals surface area contributed by atoms with Gasteiger partial charge in [-0.1, -0.05) is 41.5 Å². The van der Waals surface area contributed by atoms with Gasteiger partial charge < -0.3 is 9.84 Å². The molecule has 1 aromatic rings. The van der Waals surface area contributed by atoms with E-state index in [1.54, 1.807) is 12.4 Å². The van der Waals surface area contributed by atoms with E-state index in [4.69, 9.17) is 22.1 Å². The number of halogens is 4. The van der Waals surface area contributed by atoms with Crippen molar-refractivity contribution in [1.82, 2.24) is 9.97 Å². The molecule has 0 radical (unpaired) electrons. The first kappa shape index (κ1) is 25.4. The molecule has 0 saturated carbocycles. The van der Waals surface area contributed by atoms with E-state index in [0.717, 1.165) is 0 Å². The van der Waals surface area contributed by atoms with E-state index in [-0.39, 0.29) is 16.5 Å². The average molecular weight is 461 g/mol. The fourth-order valence-corrected chi connectivity index (χ4v) is 3.75. The number of aliphatic hydroxyl groups is 1. The molecule has 4 nitrogen and oxygen atoms in total. The van der Waals surface area contributed by atoms with Crippen LogP contribution in [0.4, 0.5) is 17.6 Å².